The van der Waals surface area contributed by atoms with E-state index in [1.54, 1.807) is 34.8 Å². The van der Waals surface area contributed by atoms with Crippen LogP contribution >= 0.6 is 7.82 Å². The van der Waals surface area contributed by atoms with E-state index >= 15 is 0 Å². The zero-order valence-electron chi connectivity index (χ0n) is 34.2. The van der Waals surface area contributed by atoms with Crippen molar-refractivity contribution in [3.8, 4) is 22.8 Å². The Morgan fingerprint density at radius 2 is 1.68 bits per heavy atom. The zero-order valence-corrected chi connectivity index (χ0v) is 35.1. The molecule has 0 bridgehead atoms. The molecule has 6 aromatic rings. The number of primary amides is 1. The Hall–Kier alpha value is -6.06. The number of carbonyl (C=O) groups is 3. The zero-order chi connectivity index (χ0) is 42.9. The van der Waals surface area contributed by atoms with E-state index in [1.165, 1.54) is 36.2 Å². The van der Waals surface area contributed by atoms with Crippen LogP contribution in [0.5, 0.6) is 11.5 Å². The first-order valence-electron chi connectivity index (χ1n) is 19.5. The van der Waals surface area contributed by atoms with Crippen LogP contribution in [0.25, 0.3) is 27.8 Å². The lowest BCUT2D eigenvalue weighted by Gasteiger charge is -2.32. The summed E-state index contributed by atoms with van der Waals surface area (Å²) in [6.45, 7) is 11.6. The van der Waals surface area contributed by atoms with E-state index in [0.29, 0.717) is 28.0 Å². The molecule has 7 rings (SSSR count). The van der Waals surface area contributed by atoms with E-state index in [9.17, 15) is 23.8 Å². The molecule has 0 spiro atoms. The molecule has 0 saturated carbocycles. The molecule has 1 aliphatic heterocycles. The van der Waals surface area contributed by atoms with Gasteiger partial charge in [-0.1, -0.05) is 50.2 Å². The fourth-order valence-corrected chi connectivity index (χ4v) is 8.80. The number of fused-ring (bicyclic) bond motifs is 2. The number of aryl methyl sites for hydroxylation is 2. The van der Waals surface area contributed by atoms with Gasteiger partial charge in [-0.2, -0.15) is 5.10 Å². The van der Waals surface area contributed by atoms with Crippen LogP contribution in [-0.2, 0) is 30.3 Å². The summed E-state index contributed by atoms with van der Waals surface area (Å²) >= 11 is 0. The van der Waals surface area contributed by atoms with Gasteiger partial charge in [-0.15, -0.1) is 0 Å². The standard InChI is InChI=1S/C43H47N6O10P/c1-25(2)38-39-28(5)32(30-16-18-47(19-17-30)22-37(44)50)13-14-34(39)49(40(38)33-21-48-41(45-24-46-48)27(4)26(33)3)43(52)58-57-42(51)31-12-15-35(36(20-31)55-6)59-60(53,54)56-23-29-10-8-7-9-11-29/h7-15,20-21,24-25,30H,16-19,22-23H2,1-6H3,(H2,44,50)(H,53,54). The Labute approximate surface area is 346 Å². The van der Waals surface area contributed by atoms with Crippen molar-refractivity contribution >= 4 is 42.3 Å². The van der Waals surface area contributed by atoms with Crippen molar-refractivity contribution in [2.75, 3.05) is 26.7 Å². The van der Waals surface area contributed by atoms with Crippen molar-refractivity contribution in [1.82, 2.24) is 24.1 Å². The molecule has 1 atom stereocenters. The van der Waals surface area contributed by atoms with Gasteiger partial charge in [0.2, 0.25) is 5.91 Å². The van der Waals surface area contributed by atoms with Gasteiger partial charge in [0.25, 0.3) is 0 Å². The number of nitrogens with zero attached hydrogens (tertiary/aromatic N) is 5. The van der Waals surface area contributed by atoms with Crippen LogP contribution in [0.15, 0.2) is 73.2 Å². The van der Waals surface area contributed by atoms with Crippen LogP contribution in [0, 0.1) is 20.8 Å². The smallest absolute Gasteiger partial charge is 0.493 e. The highest BCUT2D eigenvalue weighted by Gasteiger charge is 2.32. The lowest BCUT2D eigenvalue weighted by Crippen LogP contribution is -2.39. The predicted molar refractivity (Wildman–Crippen MR) is 222 cm³/mol. The Bertz CT molecular complexity index is 2650. The second-order valence-electron chi connectivity index (χ2n) is 15.2. The number of pyridine rings is 1. The number of ether oxygens (including phenoxy) is 1. The number of methoxy groups -OCH3 is 1. The van der Waals surface area contributed by atoms with Crippen molar-refractivity contribution in [1.29, 1.82) is 0 Å². The molecule has 0 radical (unpaired) electrons. The van der Waals surface area contributed by atoms with Gasteiger partial charge in [-0.05, 0) is 116 Å². The van der Waals surface area contributed by atoms with E-state index in [1.807, 2.05) is 32.2 Å². The van der Waals surface area contributed by atoms with Crippen molar-refractivity contribution < 1.29 is 47.4 Å². The Kier molecular flexibility index (Phi) is 12.1. The van der Waals surface area contributed by atoms with Gasteiger partial charge in [0.05, 0.1) is 37.0 Å². The number of carbonyl (C=O) groups excluding carboxylic acids is 3. The highest BCUT2D eigenvalue weighted by molar-refractivity contribution is 7.47. The number of hydrogen-bond donors (Lipinski definition) is 2. The van der Waals surface area contributed by atoms with Crippen LogP contribution in [0.2, 0.25) is 0 Å². The Morgan fingerprint density at radius 1 is 0.950 bits per heavy atom. The monoisotopic (exact) mass is 838 g/mol. The first kappa shape index (κ1) is 42.1. The number of nitrogens with two attached hydrogens (primary N) is 1. The lowest BCUT2D eigenvalue weighted by atomic mass is 9.84. The molecule has 60 heavy (non-hydrogen) atoms. The van der Waals surface area contributed by atoms with Gasteiger partial charge in [0.1, 0.15) is 6.33 Å². The van der Waals surface area contributed by atoms with Crippen LogP contribution in [-0.4, -0.2) is 73.7 Å². The third kappa shape index (κ3) is 8.50. The molecular weight excluding hydrogens is 791 g/mol. The number of phosphoric acid groups is 1. The fourth-order valence-electron chi connectivity index (χ4n) is 8.03. The number of piperidine rings is 1. The quantitative estimate of drug-likeness (QED) is 0.0697. The van der Waals surface area contributed by atoms with Gasteiger partial charge >= 0.3 is 19.9 Å². The third-order valence-electron chi connectivity index (χ3n) is 11.1. The predicted octanol–water partition coefficient (Wildman–Crippen LogP) is 7.53. The minimum atomic E-state index is -4.61. The van der Waals surface area contributed by atoms with Gasteiger partial charge < -0.3 is 15.0 Å². The Morgan fingerprint density at radius 3 is 2.37 bits per heavy atom. The summed E-state index contributed by atoms with van der Waals surface area (Å²) in [5.74, 6) is -1.50. The molecule has 17 heteroatoms. The highest BCUT2D eigenvalue weighted by atomic mass is 31.2. The minimum absolute atomic E-state index is 0.0761. The molecule has 1 saturated heterocycles. The highest BCUT2D eigenvalue weighted by Crippen LogP contribution is 2.48. The number of likely N-dealkylation sites (tertiary alicyclic amines) is 1. The van der Waals surface area contributed by atoms with E-state index in [-0.39, 0.29) is 48.0 Å². The molecule has 16 nitrogen and oxygen atoms in total. The van der Waals surface area contributed by atoms with E-state index < -0.39 is 19.9 Å². The summed E-state index contributed by atoms with van der Waals surface area (Å²) in [6.07, 6.45) is 4.01. The van der Waals surface area contributed by atoms with Gasteiger partial charge in [-0.3, -0.25) is 19.1 Å². The average Bonchev–Trinajstić information content (AvgIpc) is 3.85. The normalized spacial score (nSPS) is 14.7. The van der Waals surface area contributed by atoms with Gasteiger partial charge in [0, 0.05) is 17.1 Å². The molecule has 4 heterocycles. The lowest BCUT2D eigenvalue weighted by molar-refractivity contribution is -0.182. The van der Waals surface area contributed by atoms with E-state index in [4.69, 9.17) is 29.3 Å². The molecule has 0 aliphatic carbocycles. The maximum atomic E-state index is 14.4. The summed E-state index contributed by atoms with van der Waals surface area (Å²) in [7, 11) is -3.32. The summed E-state index contributed by atoms with van der Waals surface area (Å²) in [6, 6.07) is 16.5. The molecule has 1 aliphatic rings. The third-order valence-corrected chi connectivity index (χ3v) is 11.9. The van der Waals surface area contributed by atoms with Crippen LogP contribution in [0.4, 0.5) is 4.79 Å². The summed E-state index contributed by atoms with van der Waals surface area (Å²) in [4.78, 5) is 66.9. The summed E-state index contributed by atoms with van der Waals surface area (Å²) < 4.78 is 31.6. The number of rotatable bonds is 12. The maximum Gasteiger partial charge on any atom is 0.527 e. The SMILES string of the molecule is COc1cc(C(=O)OOC(=O)n2c(-c3cn4ncnc4c(C)c3C)c(C(C)C)c3c(C)c(C4CCN(CC(N)=O)CC4)ccc32)ccc1OP(=O)(O)OCc1ccccc1. The average molecular weight is 839 g/mol. The van der Waals surface area contributed by atoms with Crippen molar-refractivity contribution in [2.45, 2.75) is 65.9 Å². The Balaban J connectivity index is 1.21. The molecule has 1 amide bonds. The number of phosphoric ester groups is 1. The number of aromatic nitrogens is 4. The second-order valence-corrected chi connectivity index (χ2v) is 16.5. The second kappa shape index (κ2) is 17.3. The number of benzene rings is 3. The minimum Gasteiger partial charge on any atom is -0.493 e. The summed E-state index contributed by atoms with van der Waals surface area (Å²) in [5, 5.41) is 5.28. The largest absolute Gasteiger partial charge is 0.527 e. The van der Waals surface area contributed by atoms with Crippen molar-refractivity contribution in [2.24, 2.45) is 5.73 Å². The molecule has 3 aromatic carbocycles. The molecule has 1 fully saturated rings. The molecular formula is C43H47N6O10P. The van der Waals surface area contributed by atoms with Gasteiger partial charge in [0.15, 0.2) is 17.1 Å². The molecule has 314 valence electrons. The molecule has 3 N–H and O–H groups in total. The van der Waals surface area contributed by atoms with Crippen LogP contribution in [0.3, 0.4) is 0 Å². The molecule has 3 aromatic heterocycles. The van der Waals surface area contributed by atoms with Crippen molar-refractivity contribution in [3.63, 3.8) is 0 Å². The molecule has 1 unspecified atom stereocenters. The maximum absolute atomic E-state index is 14.4. The van der Waals surface area contributed by atoms with E-state index in [2.05, 4.69) is 35.8 Å². The summed E-state index contributed by atoms with van der Waals surface area (Å²) in [5.41, 5.74) is 13.3. The first-order valence-corrected chi connectivity index (χ1v) is 21.0. The first-order chi connectivity index (χ1) is 28.7. The fraction of sp³-hybridized carbons (Fsp3) is 0.326. The van der Waals surface area contributed by atoms with E-state index in [0.717, 1.165) is 59.1 Å². The number of amides is 1. The van der Waals surface area contributed by atoms with Crippen molar-refractivity contribution in [3.05, 3.63) is 112 Å². The van der Waals surface area contributed by atoms with Crippen LogP contribution in [0.1, 0.15) is 82.3 Å². The topological polar surface area (TPSA) is 199 Å². The number of hydrogen-bond acceptors (Lipinski definition) is 12. The van der Waals surface area contributed by atoms with Gasteiger partial charge in [-0.25, -0.2) is 38.0 Å². The van der Waals surface area contributed by atoms with Crippen LogP contribution < -0.4 is 15.0 Å².